The van der Waals surface area contributed by atoms with Gasteiger partial charge in [-0.1, -0.05) is 11.6 Å². The fourth-order valence-electron chi connectivity index (χ4n) is 0.707. The van der Waals surface area contributed by atoms with E-state index in [2.05, 4.69) is 9.97 Å². The molecule has 1 unspecified atom stereocenters. The molecule has 52 valence electrons. The van der Waals surface area contributed by atoms with Crippen LogP contribution in [-0.4, -0.2) is 16.6 Å². The summed E-state index contributed by atoms with van der Waals surface area (Å²) in [6, 6.07) is 0. The van der Waals surface area contributed by atoms with Crippen LogP contribution in [-0.2, 0) is 4.74 Å². The first-order valence-electron chi connectivity index (χ1n) is 2.95. The molecular weight excluding hydrogens is 152 g/mol. The van der Waals surface area contributed by atoms with Crippen LogP contribution in [0.3, 0.4) is 0 Å². The molecule has 0 aromatic carbocycles. The van der Waals surface area contributed by atoms with Crippen LogP contribution in [0.15, 0.2) is 12.4 Å². The Bertz CT molecular complexity index is 232. The standard InChI is InChI=1S/C6H5ClN2O/c7-6-2-8-4(1-9-6)5-3-10-5/h1-2,5H,3H2. The normalized spacial score (nSPS) is 22.7. The molecular formula is C6H5ClN2O. The molecule has 1 aliphatic heterocycles. The van der Waals surface area contributed by atoms with Gasteiger partial charge in [0.25, 0.3) is 0 Å². The maximum absolute atomic E-state index is 5.52. The van der Waals surface area contributed by atoms with Crippen LogP contribution in [0.25, 0.3) is 0 Å². The second kappa shape index (κ2) is 2.18. The molecule has 2 heterocycles. The fraction of sp³-hybridized carbons (Fsp3) is 0.333. The van der Waals surface area contributed by atoms with Gasteiger partial charge >= 0.3 is 0 Å². The van der Waals surface area contributed by atoms with Gasteiger partial charge in [-0.05, 0) is 0 Å². The number of aromatic nitrogens is 2. The lowest BCUT2D eigenvalue weighted by atomic mass is 10.3. The minimum absolute atomic E-state index is 0.171. The summed E-state index contributed by atoms with van der Waals surface area (Å²) in [7, 11) is 0. The van der Waals surface area contributed by atoms with Crippen LogP contribution >= 0.6 is 11.6 Å². The zero-order valence-corrected chi connectivity index (χ0v) is 5.88. The summed E-state index contributed by atoms with van der Waals surface area (Å²) in [4.78, 5) is 7.88. The third-order valence-electron chi connectivity index (χ3n) is 1.30. The minimum atomic E-state index is 0.171. The fourth-order valence-corrected chi connectivity index (χ4v) is 0.805. The number of halogens is 1. The average Bonchev–Trinajstić information content (AvgIpc) is 2.71. The molecule has 2 rings (SSSR count). The number of ether oxygens (including phenoxy) is 1. The Morgan fingerprint density at radius 3 is 2.80 bits per heavy atom. The van der Waals surface area contributed by atoms with E-state index in [0.717, 1.165) is 12.3 Å². The SMILES string of the molecule is Clc1cnc(C2CO2)cn1. The zero-order valence-electron chi connectivity index (χ0n) is 5.12. The number of epoxide rings is 1. The van der Waals surface area contributed by atoms with Gasteiger partial charge in [-0.3, -0.25) is 4.98 Å². The van der Waals surface area contributed by atoms with E-state index in [4.69, 9.17) is 16.3 Å². The van der Waals surface area contributed by atoms with E-state index in [9.17, 15) is 0 Å². The molecule has 1 aromatic rings. The van der Waals surface area contributed by atoms with Gasteiger partial charge in [0, 0.05) is 0 Å². The summed E-state index contributed by atoms with van der Waals surface area (Å²) in [5.41, 5.74) is 0.865. The summed E-state index contributed by atoms with van der Waals surface area (Å²) in [5.74, 6) is 0. The molecule has 0 amide bonds. The van der Waals surface area contributed by atoms with Crippen molar-refractivity contribution in [2.75, 3.05) is 6.61 Å². The average molecular weight is 157 g/mol. The van der Waals surface area contributed by atoms with Gasteiger partial charge in [-0.15, -0.1) is 0 Å². The van der Waals surface area contributed by atoms with Gasteiger partial charge < -0.3 is 4.74 Å². The second-order valence-electron chi connectivity index (χ2n) is 2.09. The first-order valence-corrected chi connectivity index (χ1v) is 3.33. The van der Waals surface area contributed by atoms with E-state index < -0.39 is 0 Å². The zero-order chi connectivity index (χ0) is 6.97. The predicted molar refractivity (Wildman–Crippen MR) is 35.7 cm³/mol. The Labute approximate surface area is 63.0 Å². The van der Waals surface area contributed by atoms with E-state index in [0.29, 0.717) is 5.15 Å². The summed E-state index contributed by atoms with van der Waals surface area (Å²) < 4.78 is 4.99. The van der Waals surface area contributed by atoms with Gasteiger partial charge in [0.2, 0.25) is 0 Å². The monoisotopic (exact) mass is 156 g/mol. The molecule has 0 saturated carbocycles. The lowest BCUT2D eigenvalue weighted by Gasteiger charge is -1.91. The number of rotatable bonds is 1. The van der Waals surface area contributed by atoms with Crippen molar-refractivity contribution in [1.29, 1.82) is 0 Å². The molecule has 1 atom stereocenters. The lowest BCUT2D eigenvalue weighted by molar-refractivity contribution is 0.411. The van der Waals surface area contributed by atoms with Crippen molar-refractivity contribution < 1.29 is 4.74 Å². The molecule has 0 N–H and O–H groups in total. The molecule has 4 heteroatoms. The number of hydrogen-bond acceptors (Lipinski definition) is 3. The summed E-state index contributed by atoms with van der Waals surface area (Å²) in [6.07, 6.45) is 3.34. The van der Waals surface area contributed by atoms with Crippen molar-refractivity contribution in [3.8, 4) is 0 Å². The van der Waals surface area contributed by atoms with Crippen LogP contribution in [0.2, 0.25) is 5.15 Å². The second-order valence-corrected chi connectivity index (χ2v) is 2.47. The van der Waals surface area contributed by atoms with Crippen LogP contribution < -0.4 is 0 Å². The van der Waals surface area contributed by atoms with Gasteiger partial charge in [-0.25, -0.2) is 4.98 Å². The van der Waals surface area contributed by atoms with Crippen molar-refractivity contribution >= 4 is 11.6 Å². The van der Waals surface area contributed by atoms with E-state index >= 15 is 0 Å². The topological polar surface area (TPSA) is 38.3 Å². The van der Waals surface area contributed by atoms with Crippen molar-refractivity contribution in [2.24, 2.45) is 0 Å². The van der Waals surface area contributed by atoms with Crippen molar-refractivity contribution in [1.82, 2.24) is 9.97 Å². The van der Waals surface area contributed by atoms with E-state index in [1.165, 1.54) is 6.20 Å². The highest BCUT2D eigenvalue weighted by Crippen LogP contribution is 2.27. The Morgan fingerprint density at radius 1 is 1.50 bits per heavy atom. The number of nitrogens with zero attached hydrogens (tertiary/aromatic N) is 2. The molecule has 3 nitrogen and oxygen atoms in total. The summed E-state index contributed by atoms with van der Waals surface area (Å²) >= 11 is 5.52. The largest absolute Gasteiger partial charge is 0.366 e. The quantitative estimate of drug-likeness (QED) is 0.574. The predicted octanol–water partition coefficient (Wildman–Crippen LogP) is 1.20. The number of hydrogen-bond donors (Lipinski definition) is 0. The Morgan fingerprint density at radius 2 is 2.30 bits per heavy atom. The Hall–Kier alpha value is -0.670. The van der Waals surface area contributed by atoms with Crippen LogP contribution in [0.1, 0.15) is 11.8 Å². The highest BCUT2D eigenvalue weighted by Gasteiger charge is 2.26. The lowest BCUT2D eigenvalue weighted by Crippen LogP contribution is -1.87. The highest BCUT2D eigenvalue weighted by molar-refractivity contribution is 6.29. The molecule has 1 aliphatic rings. The van der Waals surface area contributed by atoms with Gasteiger partial charge in [0.05, 0.1) is 24.7 Å². The minimum Gasteiger partial charge on any atom is -0.366 e. The summed E-state index contributed by atoms with van der Waals surface area (Å²) in [5, 5.41) is 0.421. The van der Waals surface area contributed by atoms with Gasteiger partial charge in [0.15, 0.2) is 0 Å². The molecule has 0 spiro atoms. The molecule has 1 aromatic heterocycles. The van der Waals surface area contributed by atoms with Crippen LogP contribution in [0, 0.1) is 0 Å². The third-order valence-corrected chi connectivity index (χ3v) is 1.50. The van der Waals surface area contributed by atoms with Crippen molar-refractivity contribution in [3.05, 3.63) is 23.2 Å². The Kier molecular flexibility index (Phi) is 1.32. The molecule has 1 saturated heterocycles. The molecule has 0 bridgehead atoms. The maximum Gasteiger partial charge on any atom is 0.147 e. The van der Waals surface area contributed by atoms with E-state index in [-0.39, 0.29) is 6.10 Å². The Balaban J connectivity index is 2.28. The van der Waals surface area contributed by atoms with Gasteiger partial charge in [0.1, 0.15) is 11.3 Å². The smallest absolute Gasteiger partial charge is 0.147 e. The van der Waals surface area contributed by atoms with Crippen molar-refractivity contribution in [3.63, 3.8) is 0 Å². The van der Waals surface area contributed by atoms with Crippen LogP contribution in [0.5, 0.6) is 0 Å². The van der Waals surface area contributed by atoms with E-state index in [1.807, 2.05) is 0 Å². The first-order chi connectivity index (χ1) is 4.86. The van der Waals surface area contributed by atoms with E-state index in [1.54, 1.807) is 6.20 Å². The summed E-state index contributed by atoms with van der Waals surface area (Å²) in [6.45, 7) is 0.760. The first kappa shape index (κ1) is 6.07. The molecule has 1 fully saturated rings. The molecule has 0 aliphatic carbocycles. The van der Waals surface area contributed by atoms with Crippen LogP contribution in [0.4, 0.5) is 0 Å². The van der Waals surface area contributed by atoms with Gasteiger partial charge in [-0.2, -0.15) is 0 Å². The van der Waals surface area contributed by atoms with Crippen molar-refractivity contribution in [2.45, 2.75) is 6.10 Å². The highest BCUT2D eigenvalue weighted by atomic mass is 35.5. The molecule has 0 radical (unpaired) electrons. The maximum atomic E-state index is 5.52. The molecule has 10 heavy (non-hydrogen) atoms. The third kappa shape index (κ3) is 1.10.